The Kier molecular flexibility index (Phi) is 6.81. The van der Waals surface area contributed by atoms with Crippen molar-refractivity contribution in [3.63, 3.8) is 0 Å². The van der Waals surface area contributed by atoms with Crippen LogP contribution in [0.2, 0.25) is 0 Å². The smallest absolute Gasteiger partial charge is 0.307 e. The molecule has 0 saturated carbocycles. The highest BCUT2D eigenvalue weighted by Crippen LogP contribution is 2.43. The molecule has 3 aromatic heterocycles. The van der Waals surface area contributed by atoms with Gasteiger partial charge in [-0.25, -0.2) is 9.97 Å². The van der Waals surface area contributed by atoms with Crippen molar-refractivity contribution in [1.29, 1.82) is 5.26 Å². The molecule has 11 heteroatoms. The van der Waals surface area contributed by atoms with Crippen LogP contribution >= 0.6 is 0 Å². The zero-order chi connectivity index (χ0) is 35.1. The van der Waals surface area contributed by atoms with E-state index >= 15 is 0 Å². The lowest BCUT2D eigenvalue weighted by molar-refractivity contribution is -0.138. The minimum atomic E-state index is -4.65. The summed E-state index contributed by atoms with van der Waals surface area (Å²) < 4.78 is 88.4. The average Bonchev–Trinajstić information content (AvgIpc) is 3.58. The van der Waals surface area contributed by atoms with Crippen molar-refractivity contribution in [2.45, 2.75) is 26.2 Å². The molecule has 0 N–H and O–H groups in total. The predicted molar refractivity (Wildman–Crippen MR) is 180 cm³/mol. The summed E-state index contributed by atoms with van der Waals surface area (Å²) >= 11 is 0. The lowest BCUT2D eigenvalue weighted by Gasteiger charge is -2.20. The Morgan fingerprint density at radius 2 is 1.04 bits per heavy atom. The van der Waals surface area contributed by atoms with Crippen LogP contribution in [-0.4, -0.2) is 19.1 Å². The van der Waals surface area contributed by atoms with E-state index in [4.69, 9.17) is 0 Å². The maximum Gasteiger partial charge on any atom is 0.416 e. The van der Waals surface area contributed by atoms with Crippen LogP contribution in [0.4, 0.5) is 26.3 Å². The van der Waals surface area contributed by atoms with E-state index in [1.807, 2.05) is 0 Å². The summed E-state index contributed by atoms with van der Waals surface area (Å²) in [6.07, 6.45) is -9.30. The normalized spacial score (nSPS) is 12.4. The third-order valence-electron chi connectivity index (χ3n) is 8.96. The third kappa shape index (κ3) is 4.86. The summed E-state index contributed by atoms with van der Waals surface area (Å²) in [7, 11) is 0. The number of hydrogen-bond acceptors (Lipinski definition) is 3. The van der Waals surface area contributed by atoms with Gasteiger partial charge in [-0.15, -0.1) is 0 Å². The fourth-order valence-electron chi connectivity index (χ4n) is 6.91. The van der Waals surface area contributed by atoms with Gasteiger partial charge in [0.15, 0.2) is 0 Å². The van der Waals surface area contributed by atoms with Crippen molar-refractivity contribution in [2.75, 3.05) is 0 Å². The number of benzene rings is 5. The second-order valence-electron chi connectivity index (χ2n) is 12.1. The molecule has 5 aromatic carbocycles. The first-order chi connectivity index (χ1) is 23.8. The summed E-state index contributed by atoms with van der Waals surface area (Å²) in [5.74, 6) is 0.447. The summed E-state index contributed by atoms with van der Waals surface area (Å²) in [4.78, 5) is 8.94. The monoisotopic (exact) mass is 675 g/mol. The molecule has 0 unspecified atom stereocenters. The van der Waals surface area contributed by atoms with Crippen molar-refractivity contribution < 1.29 is 26.3 Å². The van der Waals surface area contributed by atoms with E-state index in [0.717, 1.165) is 24.3 Å². The maximum absolute atomic E-state index is 14.2. The van der Waals surface area contributed by atoms with Crippen LogP contribution in [0, 0.1) is 25.2 Å². The maximum atomic E-state index is 14.2. The molecule has 0 aliphatic rings. The molecule has 0 spiro atoms. The van der Waals surface area contributed by atoms with Gasteiger partial charge in [0.05, 0.1) is 61.9 Å². The highest BCUT2D eigenvalue weighted by Gasteiger charge is 2.33. The van der Waals surface area contributed by atoms with Gasteiger partial charge < -0.3 is 9.13 Å². The van der Waals surface area contributed by atoms with Crippen molar-refractivity contribution in [1.82, 2.24) is 19.1 Å². The van der Waals surface area contributed by atoms with Gasteiger partial charge in [-0.05, 0) is 68.4 Å². The van der Waals surface area contributed by atoms with Crippen LogP contribution in [0.1, 0.15) is 28.2 Å². The minimum Gasteiger partial charge on any atom is -0.307 e. The Balaban J connectivity index is 1.59. The van der Waals surface area contributed by atoms with Crippen LogP contribution in [0.3, 0.4) is 0 Å². The van der Waals surface area contributed by atoms with E-state index in [9.17, 15) is 31.6 Å². The molecular weight excluding hydrogens is 652 g/mol. The number of fused-ring (bicyclic) bond motifs is 6. The molecule has 5 nitrogen and oxygen atoms in total. The Hall–Kier alpha value is -6.15. The number of alkyl halides is 6. The lowest BCUT2D eigenvalue weighted by Crippen LogP contribution is -2.08. The minimum absolute atomic E-state index is 0.163. The summed E-state index contributed by atoms with van der Waals surface area (Å²) in [6.45, 7) is 3.49. The number of rotatable bonds is 3. The second-order valence-corrected chi connectivity index (χ2v) is 12.1. The topological polar surface area (TPSA) is 59.4 Å². The number of hydrogen-bond donors (Lipinski definition) is 0. The average molecular weight is 676 g/mol. The highest BCUT2D eigenvalue weighted by atomic mass is 19.4. The van der Waals surface area contributed by atoms with Crippen LogP contribution in [-0.2, 0) is 12.4 Å². The molecular formula is C39H23F6N5. The summed E-state index contributed by atoms with van der Waals surface area (Å²) in [5.41, 5.74) is 2.03. The Bertz CT molecular complexity index is 2710. The van der Waals surface area contributed by atoms with Crippen molar-refractivity contribution in [2.24, 2.45) is 0 Å². The zero-order valence-electron chi connectivity index (χ0n) is 26.3. The quantitative estimate of drug-likeness (QED) is 0.175. The molecule has 0 bridgehead atoms. The van der Waals surface area contributed by atoms with Crippen molar-refractivity contribution in [3.8, 4) is 28.7 Å². The van der Waals surface area contributed by atoms with Crippen LogP contribution in [0.25, 0.3) is 66.2 Å². The SMILES string of the molecule is Cc1cc(-c2cc(-n3c4ccccc4c4ccc(C(F)(F)F)cc43)c(-n3c4ccccc4c4ccc(C(F)(F)F)cc43)cc2C#N)nc(C)n1. The van der Waals surface area contributed by atoms with E-state index in [0.29, 0.717) is 66.7 Å². The second kappa shape index (κ2) is 10.9. The molecule has 0 fully saturated rings. The van der Waals surface area contributed by atoms with E-state index in [-0.39, 0.29) is 16.6 Å². The third-order valence-corrected chi connectivity index (χ3v) is 8.96. The van der Waals surface area contributed by atoms with Gasteiger partial charge in [-0.3, -0.25) is 0 Å². The molecule has 8 rings (SSSR count). The van der Waals surface area contributed by atoms with Crippen molar-refractivity contribution in [3.05, 3.63) is 131 Å². The molecule has 0 aliphatic carbocycles. The molecule has 0 saturated heterocycles. The van der Waals surface area contributed by atoms with Gasteiger partial charge in [-0.2, -0.15) is 31.6 Å². The van der Waals surface area contributed by atoms with E-state index < -0.39 is 23.5 Å². The zero-order valence-corrected chi connectivity index (χ0v) is 26.3. The first-order valence-electron chi connectivity index (χ1n) is 15.5. The van der Waals surface area contributed by atoms with Gasteiger partial charge in [0, 0.05) is 32.8 Å². The lowest BCUT2D eigenvalue weighted by atomic mass is 10.0. The summed E-state index contributed by atoms with van der Waals surface area (Å²) in [6, 6.07) is 28.4. The molecule has 3 heterocycles. The van der Waals surface area contributed by atoms with Gasteiger partial charge in [0.2, 0.25) is 0 Å². The Morgan fingerprint density at radius 1 is 0.560 bits per heavy atom. The van der Waals surface area contributed by atoms with Gasteiger partial charge in [-0.1, -0.05) is 48.5 Å². The van der Waals surface area contributed by atoms with Crippen molar-refractivity contribution >= 4 is 43.6 Å². The molecule has 50 heavy (non-hydrogen) atoms. The number of nitrogens with zero attached hydrogens (tertiary/aromatic N) is 5. The highest BCUT2D eigenvalue weighted by molar-refractivity contribution is 6.12. The molecule has 8 aromatic rings. The Labute approximate surface area is 280 Å². The molecule has 0 atom stereocenters. The van der Waals surface area contributed by atoms with E-state index in [1.165, 1.54) is 12.1 Å². The number of aryl methyl sites for hydroxylation is 2. The number of nitriles is 1. The van der Waals surface area contributed by atoms with Crippen LogP contribution in [0.5, 0.6) is 0 Å². The van der Waals surface area contributed by atoms with E-state index in [1.54, 1.807) is 89.7 Å². The standard InChI is InChI=1S/C39H23F6N5/c1-21-15-31(48-22(2)47-21)30-19-37(50-33-10-6-4-8-27(33)29-14-12-25(18-35(29)50)39(43,44)45)36(16-23(30)20-46)49-32-9-5-3-7-26(32)28-13-11-24(17-34(28)49)38(40,41)42/h3-19H,1-2H3. The van der Waals surface area contributed by atoms with Gasteiger partial charge in [0.25, 0.3) is 0 Å². The first kappa shape index (κ1) is 31.1. The fourth-order valence-corrected chi connectivity index (χ4v) is 6.91. The first-order valence-corrected chi connectivity index (χ1v) is 15.5. The molecule has 0 aliphatic heterocycles. The largest absolute Gasteiger partial charge is 0.416 e. The number of halogens is 6. The number of aromatic nitrogens is 4. The van der Waals surface area contributed by atoms with Crippen LogP contribution in [0.15, 0.2) is 103 Å². The van der Waals surface area contributed by atoms with E-state index in [2.05, 4.69) is 16.0 Å². The number of para-hydroxylation sites is 2. The Morgan fingerprint density at radius 3 is 1.52 bits per heavy atom. The van der Waals surface area contributed by atoms with Gasteiger partial charge in [0.1, 0.15) is 5.82 Å². The van der Waals surface area contributed by atoms with Crippen LogP contribution < -0.4 is 0 Å². The fraction of sp³-hybridized carbons (Fsp3) is 0.103. The molecule has 246 valence electrons. The molecule has 0 amide bonds. The molecule has 0 radical (unpaired) electrons. The summed E-state index contributed by atoms with van der Waals surface area (Å²) in [5, 5.41) is 12.9. The predicted octanol–water partition coefficient (Wildman–Crippen LogP) is 10.9. The van der Waals surface area contributed by atoms with Gasteiger partial charge >= 0.3 is 12.4 Å².